The van der Waals surface area contributed by atoms with E-state index in [-0.39, 0.29) is 5.69 Å². The molecular formula is C6H6N4OS. The molecule has 0 bridgehead atoms. The Morgan fingerprint density at radius 1 is 1.58 bits per heavy atom. The van der Waals surface area contributed by atoms with Crippen molar-refractivity contribution in [1.82, 2.24) is 19.4 Å². The average molecular weight is 182 g/mol. The first-order valence-corrected chi connectivity index (χ1v) is 3.74. The molecule has 0 fully saturated rings. The van der Waals surface area contributed by atoms with E-state index in [0.29, 0.717) is 10.3 Å². The van der Waals surface area contributed by atoms with Crippen molar-refractivity contribution in [3.63, 3.8) is 0 Å². The number of H-pyrrole nitrogens is 1. The van der Waals surface area contributed by atoms with Crippen LogP contribution in [0.1, 0.15) is 0 Å². The number of nitrogens with one attached hydrogen (secondary N) is 1. The predicted octanol–water partition coefficient (Wildman–Crippen LogP) is 0.0906. The lowest BCUT2D eigenvalue weighted by Crippen LogP contribution is -2.19. The van der Waals surface area contributed by atoms with Crippen molar-refractivity contribution < 1.29 is 0 Å². The zero-order valence-electron chi connectivity index (χ0n) is 6.31. The fraction of sp³-hybridized carbons (Fsp3) is 0.167. The Morgan fingerprint density at radius 3 is 3.08 bits per heavy atom. The second kappa shape index (κ2) is 2.28. The van der Waals surface area contributed by atoms with E-state index in [2.05, 4.69) is 10.2 Å². The van der Waals surface area contributed by atoms with E-state index in [1.807, 2.05) is 0 Å². The van der Waals surface area contributed by atoms with Gasteiger partial charge in [0.05, 0.1) is 0 Å². The molecule has 2 aromatic heterocycles. The minimum atomic E-state index is -0.225. The number of nitrogens with zero attached hydrogens (tertiary/aromatic N) is 3. The molecule has 0 radical (unpaired) electrons. The SMILES string of the molecule is Cn1nc2ccc(=S)[nH]n2c1=O. The largest absolute Gasteiger partial charge is 0.365 e. The van der Waals surface area contributed by atoms with Crippen molar-refractivity contribution in [1.29, 1.82) is 0 Å². The quantitative estimate of drug-likeness (QED) is 0.587. The summed E-state index contributed by atoms with van der Waals surface area (Å²) < 4.78 is 3.07. The van der Waals surface area contributed by atoms with Crippen LogP contribution in [0.15, 0.2) is 16.9 Å². The monoisotopic (exact) mass is 182 g/mol. The molecule has 5 nitrogen and oxygen atoms in total. The Kier molecular flexibility index (Phi) is 1.37. The lowest BCUT2D eigenvalue weighted by Gasteiger charge is -1.87. The van der Waals surface area contributed by atoms with E-state index in [1.165, 1.54) is 9.20 Å². The van der Waals surface area contributed by atoms with E-state index in [0.717, 1.165) is 0 Å². The second-order valence-corrected chi connectivity index (χ2v) is 2.85. The molecule has 62 valence electrons. The molecule has 0 aliphatic rings. The minimum Gasteiger partial charge on any atom is -0.278 e. The van der Waals surface area contributed by atoms with Crippen LogP contribution in [0.5, 0.6) is 0 Å². The third-order valence-electron chi connectivity index (χ3n) is 1.56. The van der Waals surface area contributed by atoms with Gasteiger partial charge in [0.15, 0.2) is 5.65 Å². The molecule has 0 spiro atoms. The van der Waals surface area contributed by atoms with Gasteiger partial charge in [0.25, 0.3) is 0 Å². The highest BCUT2D eigenvalue weighted by Gasteiger charge is 2.00. The molecule has 0 aliphatic heterocycles. The number of rotatable bonds is 0. The number of hydrogen-bond donors (Lipinski definition) is 1. The Morgan fingerprint density at radius 2 is 2.33 bits per heavy atom. The number of hydrogen-bond acceptors (Lipinski definition) is 3. The summed E-state index contributed by atoms with van der Waals surface area (Å²) in [5.74, 6) is 0. The lowest BCUT2D eigenvalue weighted by atomic mass is 10.6. The number of aromatic nitrogens is 4. The molecule has 0 atom stereocenters. The van der Waals surface area contributed by atoms with Crippen LogP contribution in [0, 0.1) is 4.64 Å². The Hall–Kier alpha value is -1.43. The number of fused-ring (bicyclic) bond motifs is 1. The van der Waals surface area contributed by atoms with Crippen LogP contribution in [0.3, 0.4) is 0 Å². The minimum absolute atomic E-state index is 0.225. The molecule has 0 amide bonds. The molecular weight excluding hydrogens is 176 g/mol. The molecule has 0 unspecified atom stereocenters. The molecule has 0 aliphatic carbocycles. The van der Waals surface area contributed by atoms with Crippen LogP contribution in [0.25, 0.3) is 5.65 Å². The topological polar surface area (TPSA) is 55.1 Å². The maximum atomic E-state index is 11.3. The number of aryl methyl sites for hydroxylation is 1. The highest BCUT2D eigenvalue weighted by atomic mass is 32.1. The normalized spacial score (nSPS) is 10.8. The van der Waals surface area contributed by atoms with Crippen molar-refractivity contribution >= 4 is 17.9 Å². The summed E-state index contributed by atoms with van der Waals surface area (Å²) in [7, 11) is 1.59. The molecule has 6 heteroatoms. The van der Waals surface area contributed by atoms with E-state index >= 15 is 0 Å². The Labute approximate surface area is 72.2 Å². The first-order chi connectivity index (χ1) is 5.68. The summed E-state index contributed by atoms with van der Waals surface area (Å²) in [5, 5.41) is 6.66. The van der Waals surface area contributed by atoms with Gasteiger partial charge < -0.3 is 0 Å². The van der Waals surface area contributed by atoms with Crippen LogP contribution in [-0.4, -0.2) is 19.4 Å². The van der Waals surface area contributed by atoms with Gasteiger partial charge in [-0.05, 0) is 12.1 Å². The lowest BCUT2D eigenvalue weighted by molar-refractivity contribution is 0.716. The zero-order valence-corrected chi connectivity index (χ0v) is 7.13. The first kappa shape index (κ1) is 7.23. The summed E-state index contributed by atoms with van der Waals surface area (Å²) in [4.78, 5) is 11.3. The molecule has 2 heterocycles. The zero-order chi connectivity index (χ0) is 8.72. The molecule has 0 saturated carbocycles. The fourth-order valence-electron chi connectivity index (χ4n) is 0.995. The average Bonchev–Trinajstić information content (AvgIpc) is 2.31. The first-order valence-electron chi connectivity index (χ1n) is 3.33. The highest BCUT2D eigenvalue weighted by Crippen LogP contribution is 1.92. The standard InChI is InChI=1S/C6H6N4OS/c1-9-6(11)10-4(7-9)2-3-5(12)8-10/h2-3H,1H3,(H,8,12). The Balaban J connectivity index is 3.08. The summed E-state index contributed by atoms with van der Waals surface area (Å²) in [6.45, 7) is 0. The van der Waals surface area contributed by atoms with Gasteiger partial charge >= 0.3 is 5.69 Å². The van der Waals surface area contributed by atoms with Crippen LogP contribution in [0.2, 0.25) is 0 Å². The summed E-state index contributed by atoms with van der Waals surface area (Å²) in [6.07, 6.45) is 0. The van der Waals surface area contributed by atoms with Gasteiger partial charge in [0.1, 0.15) is 4.64 Å². The van der Waals surface area contributed by atoms with Crippen LogP contribution >= 0.6 is 12.2 Å². The maximum absolute atomic E-state index is 11.3. The van der Waals surface area contributed by atoms with E-state index in [1.54, 1.807) is 19.2 Å². The molecule has 2 aromatic rings. The third-order valence-corrected chi connectivity index (χ3v) is 1.78. The van der Waals surface area contributed by atoms with Crippen LogP contribution < -0.4 is 5.69 Å². The smallest absolute Gasteiger partial charge is 0.278 e. The summed E-state index contributed by atoms with van der Waals surface area (Å²) >= 11 is 4.86. The van der Waals surface area contributed by atoms with Crippen LogP contribution in [0.4, 0.5) is 0 Å². The Bertz CT molecular complexity index is 534. The van der Waals surface area contributed by atoms with Crippen molar-refractivity contribution in [2.45, 2.75) is 0 Å². The van der Waals surface area contributed by atoms with Gasteiger partial charge in [0.2, 0.25) is 0 Å². The predicted molar refractivity (Wildman–Crippen MR) is 45.6 cm³/mol. The van der Waals surface area contributed by atoms with Gasteiger partial charge in [-0.25, -0.2) is 9.48 Å². The molecule has 0 aromatic carbocycles. The van der Waals surface area contributed by atoms with Crippen molar-refractivity contribution in [2.75, 3.05) is 0 Å². The summed E-state index contributed by atoms with van der Waals surface area (Å²) in [6, 6.07) is 3.39. The van der Waals surface area contributed by atoms with Crippen LogP contribution in [-0.2, 0) is 7.05 Å². The van der Waals surface area contributed by atoms with E-state index < -0.39 is 0 Å². The molecule has 0 saturated heterocycles. The fourth-order valence-corrected chi connectivity index (χ4v) is 1.15. The summed E-state index contributed by atoms with van der Waals surface area (Å²) in [5.41, 5.74) is 0.341. The van der Waals surface area contributed by atoms with Crippen molar-refractivity contribution in [2.24, 2.45) is 7.05 Å². The molecule has 1 N–H and O–H groups in total. The maximum Gasteiger partial charge on any atom is 0.365 e. The van der Waals surface area contributed by atoms with Gasteiger partial charge in [-0.15, -0.1) is 5.10 Å². The van der Waals surface area contributed by atoms with E-state index in [4.69, 9.17) is 12.2 Å². The van der Waals surface area contributed by atoms with Gasteiger partial charge in [0, 0.05) is 7.05 Å². The number of aromatic amines is 1. The highest BCUT2D eigenvalue weighted by molar-refractivity contribution is 7.71. The van der Waals surface area contributed by atoms with Gasteiger partial charge in [-0.3, -0.25) is 5.10 Å². The van der Waals surface area contributed by atoms with Gasteiger partial charge in [-0.2, -0.15) is 4.52 Å². The molecule has 12 heavy (non-hydrogen) atoms. The third kappa shape index (κ3) is 0.884. The van der Waals surface area contributed by atoms with Crippen molar-refractivity contribution in [3.05, 3.63) is 27.3 Å². The van der Waals surface area contributed by atoms with Crippen molar-refractivity contribution in [3.8, 4) is 0 Å². The van der Waals surface area contributed by atoms with E-state index in [9.17, 15) is 4.79 Å². The van der Waals surface area contributed by atoms with Gasteiger partial charge in [-0.1, -0.05) is 12.2 Å². The molecule has 2 rings (SSSR count). The second-order valence-electron chi connectivity index (χ2n) is 2.41.